The van der Waals surface area contributed by atoms with E-state index < -0.39 is 0 Å². The van der Waals surface area contributed by atoms with Crippen LogP contribution in [0.4, 0.5) is 0 Å². The summed E-state index contributed by atoms with van der Waals surface area (Å²) in [6, 6.07) is 1.38. The second-order valence-corrected chi connectivity index (χ2v) is 5.66. The zero-order chi connectivity index (χ0) is 15.4. The molecule has 0 bridgehead atoms. The van der Waals surface area contributed by atoms with E-state index in [4.69, 9.17) is 11.6 Å². The van der Waals surface area contributed by atoms with Crippen molar-refractivity contribution >= 4 is 17.5 Å². The molecule has 2 heterocycles. The van der Waals surface area contributed by atoms with Crippen molar-refractivity contribution in [2.75, 3.05) is 0 Å². The van der Waals surface area contributed by atoms with Crippen molar-refractivity contribution in [3.05, 3.63) is 41.2 Å². The van der Waals surface area contributed by atoms with Gasteiger partial charge in [-0.3, -0.25) is 14.5 Å². The number of hydrogen-bond donors (Lipinski definition) is 1. The summed E-state index contributed by atoms with van der Waals surface area (Å²) in [5.74, 6) is 0.887. The average Bonchev–Trinajstić information content (AvgIpc) is 2.84. The minimum atomic E-state index is -0.240. The SMILES string of the molecule is CC(C)C[C@H](NC(=O)c1ccncc1Cl)c1ncnn1C. The number of halogens is 1. The van der Waals surface area contributed by atoms with Crippen LogP contribution in [0, 0.1) is 5.92 Å². The van der Waals surface area contributed by atoms with Gasteiger partial charge in [0.2, 0.25) is 0 Å². The first kappa shape index (κ1) is 15.4. The van der Waals surface area contributed by atoms with E-state index in [-0.39, 0.29) is 11.9 Å². The van der Waals surface area contributed by atoms with Crippen LogP contribution in [0.2, 0.25) is 5.02 Å². The zero-order valence-electron chi connectivity index (χ0n) is 12.2. The molecule has 2 aromatic rings. The molecule has 6 nitrogen and oxygen atoms in total. The number of carbonyl (C=O) groups is 1. The Labute approximate surface area is 128 Å². The lowest BCUT2D eigenvalue weighted by atomic mass is 10.0. The molecule has 0 radical (unpaired) electrons. The molecule has 2 aromatic heterocycles. The minimum absolute atomic E-state index is 0.214. The lowest BCUT2D eigenvalue weighted by Gasteiger charge is -2.20. The predicted octanol–water partition coefficient (Wildman–Crippen LogP) is 2.38. The third-order valence-electron chi connectivity index (χ3n) is 3.09. The van der Waals surface area contributed by atoms with Crippen molar-refractivity contribution < 1.29 is 4.79 Å². The summed E-state index contributed by atoms with van der Waals surface area (Å²) in [5.41, 5.74) is 0.405. The van der Waals surface area contributed by atoms with Crippen molar-refractivity contribution in [2.45, 2.75) is 26.3 Å². The van der Waals surface area contributed by atoms with Crippen molar-refractivity contribution in [2.24, 2.45) is 13.0 Å². The van der Waals surface area contributed by atoms with Crippen LogP contribution in [0.1, 0.15) is 42.5 Å². The number of aromatic nitrogens is 4. The van der Waals surface area contributed by atoms with Crippen LogP contribution in [0.15, 0.2) is 24.8 Å². The summed E-state index contributed by atoms with van der Waals surface area (Å²) in [7, 11) is 1.81. The average molecular weight is 308 g/mol. The molecule has 0 spiro atoms. The Kier molecular flexibility index (Phi) is 4.90. The van der Waals surface area contributed by atoms with Crippen molar-refractivity contribution in [3.8, 4) is 0 Å². The molecule has 0 aliphatic carbocycles. The lowest BCUT2D eigenvalue weighted by molar-refractivity contribution is 0.0929. The Morgan fingerprint density at radius 2 is 2.24 bits per heavy atom. The Hall–Kier alpha value is -1.95. The van der Waals surface area contributed by atoms with E-state index in [1.807, 2.05) is 0 Å². The van der Waals surface area contributed by atoms with Crippen LogP contribution in [0.3, 0.4) is 0 Å². The molecular weight excluding hydrogens is 290 g/mol. The standard InChI is InChI=1S/C14H18ClN5O/c1-9(2)6-12(13-17-8-18-20(13)3)19-14(21)10-4-5-16-7-11(10)15/h4-5,7-9,12H,6H2,1-3H3,(H,19,21)/t12-/m0/s1. The number of aryl methyl sites for hydroxylation is 1. The number of pyridine rings is 1. The molecule has 2 rings (SSSR count). The van der Waals surface area contributed by atoms with Gasteiger partial charge in [0.05, 0.1) is 16.6 Å². The third kappa shape index (κ3) is 3.78. The van der Waals surface area contributed by atoms with Gasteiger partial charge in [0.1, 0.15) is 12.2 Å². The second-order valence-electron chi connectivity index (χ2n) is 5.25. The summed E-state index contributed by atoms with van der Waals surface area (Å²) in [6.45, 7) is 4.18. The lowest BCUT2D eigenvalue weighted by Crippen LogP contribution is -2.31. The number of carbonyl (C=O) groups excluding carboxylic acids is 1. The smallest absolute Gasteiger partial charge is 0.253 e. The van der Waals surface area contributed by atoms with Crippen LogP contribution in [-0.2, 0) is 7.05 Å². The van der Waals surface area contributed by atoms with E-state index in [0.717, 1.165) is 12.2 Å². The van der Waals surface area contributed by atoms with Gasteiger partial charge in [0.25, 0.3) is 5.91 Å². The van der Waals surface area contributed by atoms with E-state index >= 15 is 0 Å². The van der Waals surface area contributed by atoms with Crippen LogP contribution in [-0.4, -0.2) is 25.7 Å². The monoisotopic (exact) mass is 307 g/mol. The highest BCUT2D eigenvalue weighted by Gasteiger charge is 2.22. The van der Waals surface area contributed by atoms with Crippen molar-refractivity contribution in [1.82, 2.24) is 25.1 Å². The van der Waals surface area contributed by atoms with E-state index in [0.29, 0.717) is 16.5 Å². The molecule has 0 aliphatic heterocycles. The topological polar surface area (TPSA) is 72.7 Å². The number of hydrogen-bond acceptors (Lipinski definition) is 4. The molecule has 112 valence electrons. The molecule has 1 amide bonds. The molecule has 21 heavy (non-hydrogen) atoms. The van der Waals surface area contributed by atoms with Gasteiger partial charge in [0, 0.05) is 19.4 Å². The highest BCUT2D eigenvalue weighted by atomic mass is 35.5. The van der Waals surface area contributed by atoms with Gasteiger partial charge in [-0.25, -0.2) is 4.98 Å². The largest absolute Gasteiger partial charge is 0.342 e. The molecular formula is C14H18ClN5O. The number of nitrogens with zero attached hydrogens (tertiary/aromatic N) is 4. The van der Waals surface area contributed by atoms with E-state index in [2.05, 4.69) is 34.2 Å². The maximum absolute atomic E-state index is 12.4. The normalized spacial score (nSPS) is 12.4. The number of rotatable bonds is 5. The summed E-state index contributed by atoms with van der Waals surface area (Å²) in [5, 5.41) is 7.36. The summed E-state index contributed by atoms with van der Waals surface area (Å²) < 4.78 is 1.67. The zero-order valence-corrected chi connectivity index (χ0v) is 13.0. The number of nitrogens with one attached hydrogen (secondary N) is 1. The summed E-state index contributed by atoms with van der Waals surface area (Å²) >= 11 is 6.01. The fourth-order valence-electron chi connectivity index (χ4n) is 2.12. The van der Waals surface area contributed by atoms with E-state index in [1.54, 1.807) is 24.0 Å². The Balaban J connectivity index is 2.22. The second kappa shape index (κ2) is 6.67. The molecule has 0 saturated carbocycles. The van der Waals surface area contributed by atoms with Gasteiger partial charge < -0.3 is 5.32 Å². The van der Waals surface area contributed by atoms with E-state index in [9.17, 15) is 4.79 Å². The molecule has 0 saturated heterocycles. The molecule has 0 aliphatic rings. The van der Waals surface area contributed by atoms with Gasteiger partial charge in [-0.1, -0.05) is 25.4 Å². The van der Waals surface area contributed by atoms with Gasteiger partial charge in [0.15, 0.2) is 0 Å². The Morgan fingerprint density at radius 1 is 1.48 bits per heavy atom. The Morgan fingerprint density at radius 3 is 2.81 bits per heavy atom. The fourth-order valence-corrected chi connectivity index (χ4v) is 2.32. The highest BCUT2D eigenvalue weighted by Crippen LogP contribution is 2.21. The molecule has 0 aromatic carbocycles. The summed E-state index contributed by atoms with van der Waals surface area (Å²) in [6.07, 6.45) is 5.24. The van der Waals surface area contributed by atoms with E-state index in [1.165, 1.54) is 12.5 Å². The van der Waals surface area contributed by atoms with Crippen LogP contribution < -0.4 is 5.32 Å². The first-order chi connectivity index (χ1) is 9.99. The molecule has 1 N–H and O–H groups in total. The first-order valence-corrected chi connectivity index (χ1v) is 7.11. The maximum atomic E-state index is 12.4. The van der Waals surface area contributed by atoms with Crippen LogP contribution in [0.25, 0.3) is 0 Å². The van der Waals surface area contributed by atoms with Gasteiger partial charge >= 0.3 is 0 Å². The first-order valence-electron chi connectivity index (χ1n) is 6.73. The molecule has 1 atom stereocenters. The maximum Gasteiger partial charge on any atom is 0.253 e. The van der Waals surface area contributed by atoms with Crippen LogP contribution in [0.5, 0.6) is 0 Å². The predicted molar refractivity (Wildman–Crippen MR) is 79.9 cm³/mol. The van der Waals surface area contributed by atoms with Crippen molar-refractivity contribution in [1.29, 1.82) is 0 Å². The van der Waals surface area contributed by atoms with Crippen molar-refractivity contribution in [3.63, 3.8) is 0 Å². The molecule has 0 fully saturated rings. The fraction of sp³-hybridized carbons (Fsp3) is 0.429. The summed E-state index contributed by atoms with van der Waals surface area (Å²) in [4.78, 5) is 20.5. The Bertz CT molecular complexity index is 625. The van der Waals surface area contributed by atoms with Gasteiger partial charge in [-0.2, -0.15) is 5.10 Å². The van der Waals surface area contributed by atoms with Gasteiger partial charge in [-0.05, 0) is 18.4 Å². The molecule has 7 heteroatoms. The molecule has 0 unspecified atom stereocenters. The van der Waals surface area contributed by atoms with Crippen LogP contribution >= 0.6 is 11.6 Å². The number of amides is 1. The van der Waals surface area contributed by atoms with Gasteiger partial charge in [-0.15, -0.1) is 0 Å². The minimum Gasteiger partial charge on any atom is -0.342 e. The quantitative estimate of drug-likeness (QED) is 0.920. The highest BCUT2D eigenvalue weighted by molar-refractivity contribution is 6.33. The third-order valence-corrected chi connectivity index (χ3v) is 3.39.